The van der Waals surface area contributed by atoms with Crippen LogP contribution in [0.5, 0.6) is 0 Å². The van der Waals surface area contributed by atoms with E-state index in [1.54, 1.807) is 21.5 Å². The minimum atomic E-state index is -0.156. The highest BCUT2D eigenvalue weighted by Gasteiger charge is 2.09. The third kappa shape index (κ3) is 2.96. The summed E-state index contributed by atoms with van der Waals surface area (Å²) in [5.74, 6) is 0. The van der Waals surface area contributed by atoms with E-state index in [2.05, 4.69) is 19.1 Å². The second-order valence-corrected chi connectivity index (χ2v) is 4.72. The van der Waals surface area contributed by atoms with Crippen LogP contribution in [-0.2, 0) is 19.5 Å². The molecule has 0 bridgehead atoms. The molecule has 4 nitrogen and oxygen atoms in total. The van der Waals surface area contributed by atoms with E-state index in [4.69, 9.17) is 5.73 Å². The molecule has 2 N–H and O–H groups in total. The van der Waals surface area contributed by atoms with E-state index in [9.17, 15) is 4.79 Å². The summed E-state index contributed by atoms with van der Waals surface area (Å²) >= 11 is 0. The minimum absolute atomic E-state index is 0.00290. The fraction of sp³-hybridized carbons (Fsp3) is 0.400. The van der Waals surface area contributed by atoms with Crippen LogP contribution in [0.15, 0.2) is 41.5 Å². The Balaban J connectivity index is 2.13. The van der Waals surface area contributed by atoms with E-state index in [-0.39, 0.29) is 11.7 Å². The van der Waals surface area contributed by atoms with Gasteiger partial charge in [0.2, 0.25) is 0 Å². The predicted molar refractivity (Wildman–Crippen MR) is 77.1 cm³/mol. The summed E-state index contributed by atoms with van der Waals surface area (Å²) in [6.07, 6.45) is 4.62. The van der Waals surface area contributed by atoms with Gasteiger partial charge in [0.1, 0.15) is 0 Å². The van der Waals surface area contributed by atoms with Crippen molar-refractivity contribution in [3.63, 3.8) is 0 Å². The van der Waals surface area contributed by atoms with Crippen molar-refractivity contribution >= 4 is 0 Å². The highest BCUT2D eigenvalue weighted by molar-refractivity contribution is 5.24. The van der Waals surface area contributed by atoms with Gasteiger partial charge in [0.05, 0.1) is 0 Å². The zero-order chi connectivity index (χ0) is 13.8. The van der Waals surface area contributed by atoms with Gasteiger partial charge in [-0.1, -0.05) is 31.2 Å². The van der Waals surface area contributed by atoms with E-state index in [1.807, 2.05) is 19.1 Å². The average molecular weight is 259 g/mol. The van der Waals surface area contributed by atoms with Crippen LogP contribution in [0.4, 0.5) is 0 Å². The zero-order valence-corrected chi connectivity index (χ0v) is 11.5. The summed E-state index contributed by atoms with van der Waals surface area (Å²) < 4.78 is 3.34. The monoisotopic (exact) mass is 259 g/mol. The lowest BCUT2D eigenvalue weighted by Gasteiger charge is -2.12. The molecule has 0 aliphatic rings. The largest absolute Gasteiger partial charge is 0.328 e. The van der Waals surface area contributed by atoms with Crippen LogP contribution >= 0.6 is 0 Å². The normalized spacial score (nSPS) is 12.6. The molecule has 0 aliphatic heterocycles. The lowest BCUT2D eigenvalue weighted by atomic mass is 10.0. The summed E-state index contributed by atoms with van der Waals surface area (Å²) in [4.78, 5) is 11.9. The second-order valence-electron chi connectivity index (χ2n) is 4.72. The maximum atomic E-state index is 11.9. The van der Waals surface area contributed by atoms with Gasteiger partial charge < -0.3 is 5.73 Å². The molecule has 2 rings (SSSR count). The van der Waals surface area contributed by atoms with Crippen molar-refractivity contribution in [2.24, 2.45) is 5.73 Å². The maximum absolute atomic E-state index is 11.9. The Morgan fingerprint density at radius 2 is 1.74 bits per heavy atom. The fourth-order valence-corrected chi connectivity index (χ4v) is 2.15. The Morgan fingerprint density at radius 1 is 1.11 bits per heavy atom. The standard InChI is InChI=1S/C15H21N3O/c1-3-12-5-7-13(8-6-12)14(16)11-18-10-9-17(4-2)15(18)19/h5-10,14H,3-4,11,16H2,1-2H3. The number of aryl methyl sites for hydroxylation is 2. The van der Waals surface area contributed by atoms with Crippen LogP contribution < -0.4 is 11.4 Å². The molecule has 2 aromatic rings. The number of imidazole rings is 1. The molecule has 4 heteroatoms. The molecule has 0 saturated heterocycles. The summed E-state index contributed by atoms with van der Waals surface area (Å²) in [7, 11) is 0. The molecule has 1 heterocycles. The van der Waals surface area contributed by atoms with Crippen LogP contribution in [0, 0.1) is 0 Å². The van der Waals surface area contributed by atoms with Gasteiger partial charge in [-0.3, -0.25) is 9.13 Å². The molecule has 102 valence electrons. The molecule has 1 unspecified atom stereocenters. The molecule has 19 heavy (non-hydrogen) atoms. The van der Waals surface area contributed by atoms with Gasteiger partial charge in [-0.2, -0.15) is 0 Å². The van der Waals surface area contributed by atoms with Crippen molar-refractivity contribution in [1.29, 1.82) is 0 Å². The Kier molecular flexibility index (Phi) is 4.22. The minimum Gasteiger partial charge on any atom is -0.322 e. The van der Waals surface area contributed by atoms with Crippen molar-refractivity contribution in [1.82, 2.24) is 9.13 Å². The number of benzene rings is 1. The van der Waals surface area contributed by atoms with Crippen LogP contribution in [0.2, 0.25) is 0 Å². The average Bonchev–Trinajstić information content (AvgIpc) is 2.79. The topological polar surface area (TPSA) is 52.9 Å². The molecule has 0 amide bonds. The van der Waals surface area contributed by atoms with Gasteiger partial charge in [0.15, 0.2) is 0 Å². The van der Waals surface area contributed by atoms with Crippen LogP contribution in [-0.4, -0.2) is 9.13 Å². The predicted octanol–water partition coefficient (Wildman–Crippen LogP) is 1.93. The lowest BCUT2D eigenvalue weighted by molar-refractivity contribution is 0.548. The van der Waals surface area contributed by atoms with E-state index < -0.39 is 0 Å². The zero-order valence-electron chi connectivity index (χ0n) is 11.5. The third-order valence-electron chi connectivity index (χ3n) is 3.47. The van der Waals surface area contributed by atoms with Gasteiger partial charge >= 0.3 is 5.69 Å². The Bertz CT molecular complexity index is 580. The van der Waals surface area contributed by atoms with Crippen molar-refractivity contribution in [2.45, 2.75) is 39.4 Å². The fourth-order valence-electron chi connectivity index (χ4n) is 2.15. The third-order valence-corrected chi connectivity index (χ3v) is 3.47. The number of rotatable bonds is 5. The van der Waals surface area contributed by atoms with Crippen LogP contribution in [0.1, 0.15) is 31.0 Å². The molecular weight excluding hydrogens is 238 g/mol. The Labute approximate surface area is 113 Å². The second kappa shape index (κ2) is 5.89. The molecule has 0 spiro atoms. The van der Waals surface area contributed by atoms with Gasteiger partial charge in [0.25, 0.3) is 0 Å². The number of aromatic nitrogens is 2. The summed E-state index contributed by atoms with van der Waals surface area (Å²) in [6, 6.07) is 8.12. The van der Waals surface area contributed by atoms with E-state index in [0.29, 0.717) is 13.1 Å². The molecule has 1 aromatic heterocycles. The SMILES string of the molecule is CCc1ccc(C(N)Cn2ccn(CC)c2=O)cc1. The molecule has 0 fully saturated rings. The lowest BCUT2D eigenvalue weighted by Crippen LogP contribution is -2.28. The molecule has 0 radical (unpaired) electrons. The first-order valence-electron chi connectivity index (χ1n) is 6.75. The summed E-state index contributed by atoms with van der Waals surface area (Å²) in [5, 5.41) is 0. The summed E-state index contributed by atoms with van der Waals surface area (Å²) in [6.45, 7) is 5.28. The molecule has 1 atom stereocenters. The smallest absolute Gasteiger partial charge is 0.322 e. The van der Waals surface area contributed by atoms with Crippen molar-refractivity contribution in [2.75, 3.05) is 0 Å². The molecule has 1 aromatic carbocycles. The van der Waals surface area contributed by atoms with Crippen molar-refractivity contribution in [3.8, 4) is 0 Å². The summed E-state index contributed by atoms with van der Waals surface area (Å²) in [5.41, 5.74) is 8.53. The number of nitrogens with two attached hydrogens (primary N) is 1. The van der Waals surface area contributed by atoms with E-state index in [1.165, 1.54) is 5.56 Å². The van der Waals surface area contributed by atoms with Crippen molar-refractivity contribution in [3.05, 3.63) is 58.3 Å². The quantitative estimate of drug-likeness (QED) is 0.892. The maximum Gasteiger partial charge on any atom is 0.328 e. The van der Waals surface area contributed by atoms with Crippen molar-refractivity contribution < 1.29 is 0 Å². The molecule has 0 saturated carbocycles. The molecular formula is C15H21N3O. The van der Waals surface area contributed by atoms with Crippen LogP contribution in [0.25, 0.3) is 0 Å². The van der Waals surface area contributed by atoms with Gasteiger partial charge in [-0.05, 0) is 24.5 Å². The van der Waals surface area contributed by atoms with Crippen LogP contribution in [0.3, 0.4) is 0 Å². The Hall–Kier alpha value is -1.81. The van der Waals surface area contributed by atoms with E-state index in [0.717, 1.165) is 12.0 Å². The first kappa shape index (κ1) is 13.6. The number of hydrogen-bond donors (Lipinski definition) is 1. The molecule has 0 aliphatic carbocycles. The highest BCUT2D eigenvalue weighted by Crippen LogP contribution is 2.13. The Morgan fingerprint density at radius 3 is 2.26 bits per heavy atom. The number of nitrogens with zero attached hydrogens (tertiary/aromatic N) is 2. The first-order chi connectivity index (χ1) is 9.15. The number of hydrogen-bond acceptors (Lipinski definition) is 2. The van der Waals surface area contributed by atoms with Gasteiger partial charge in [0, 0.05) is 31.5 Å². The first-order valence-corrected chi connectivity index (χ1v) is 6.75. The van der Waals surface area contributed by atoms with Gasteiger partial charge in [-0.25, -0.2) is 4.79 Å². The van der Waals surface area contributed by atoms with Gasteiger partial charge in [-0.15, -0.1) is 0 Å². The highest BCUT2D eigenvalue weighted by atomic mass is 16.1. The van der Waals surface area contributed by atoms with E-state index >= 15 is 0 Å².